The number of pyridine rings is 1. The quantitative estimate of drug-likeness (QED) is 0.564. The molecule has 0 saturated carbocycles. The molecule has 6 heteroatoms. The average molecular weight is 363 g/mol. The Bertz CT molecular complexity index is 865. The van der Waals surface area contributed by atoms with Crippen molar-refractivity contribution in [2.45, 2.75) is 12.5 Å². The maximum Gasteiger partial charge on any atom is 0.321 e. The normalized spacial score (nSPS) is 11.6. The zero-order valence-corrected chi connectivity index (χ0v) is 14.9. The minimum absolute atomic E-state index is 0.417. The Labute approximate surface area is 157 Å². The van der Waals surface area contributed by atoms with Crippen molar-refractivity contribution in [2.75, 3.05) is 12.4 Å². The first-order chi connectivity index (χ1) is 13.1. The molecule has 27 heavy (non-hydrogen) atoms. The van der Waals surface area contributed by atoms with E-state index in [9.17, 15) is 4.79 Å². The van der Waals surface area contributed by atoms with Gasteiger partial charge in [-0.05, 0) is 67.6 Å². The first-order valence-electron chi connectivity index (χ1n) is 8.59. The highest BCUT2D eigenvalue weighted by Gasteiger charge is 2.15. The summed E-state index contributed by atoms with van der Waals surface area (Å²) in [6, 6.07) is 20.1. The van der Waals surface area contributed by atoms with E-state index in [1.807, 2.05) is 66.7 Å². The topological polar surface area (TPSA) is 83.5 Å². The van der Waals surface area contributed by atoms with Crippen molar-refractivity contribution in [3.63, 3.8) is 0 Å². The Hall–Kier alpha value is -3.38. The second-order valence-corrected chi connectivity index (χ2v) is 5.99. The van der Waals surface area contributed by atoms with Crippen LogP contribution < -0.4 is 15.4 Å². The second kappa shape index (κ2) is 8.82. The van der Waals surface area contributed by atoms with Gasteiger partial charge in [0.1, 0.15) is 23.4 Å². The summed E-state index contributed by atoms with van der Waals surface area (Å²) >= 11 is 0. The molecule has 3 N–H and O–H groups in total. The van der Waals surface area contributed by atoms with Crippen LogP contribution in [0.4, 0.5) is 11.5 Å². The van der Waals surface area contributed by atoms with Crippen LogP contribution in [0, 0.1) is 0 Å². The Morgan fingerprint density at radius 2 is 1.70 bits per heavy atom. The third kappa shape index (κ3) is 5.29. The summed E-state index contributed by atoms with van der Waals surface area (Å²) in [5.41, 5.74) is 1.85. The van der Waals surface area contributed by atoms with E-state index in [1.165, 1.54) is 0 Å². The van der Waals surface area contributed by atoms with Crippen molar-refractivity contribution in [2.24, 2.45) is 0 Å². The summed E-state index contributed by atoms with van der Waals surface area (Å²) in [7, 11) is 1.64. The fraction of sp³-hybridized carbons (Fsp3) is 0.143. The van der Waals surface area contributed by atoms with E-state index in [-0.39, 0.29) is 0 Å². The molecule has 0 unspecified atom stereocenters. The number of ether oxygens (including phenoxy) is 1. The van der Waals surface area contributed by atoms with Gasteiger partial charge in [-0.15, -0.1) is 0 Å². The lowest BCUT2D eigenvalue weighted by Gasteiger charge is -2.12. The van der Waals surface area contributed by atoms with E-state index in [0.29, 0.717) is 17.9 Å². The lowest BCUT2D eigenvalue weighted by Crippen LogP contribution is -2.35. The zero-order valence-electron chi connectivity index (χ0n) is 14.9. The molecule has 0 fully saturated rings. The number of carboxylic acid groups (broad SMARTS) is 1. The van der Waals surface area contributed by atoms with Gasteiger partial charge in [0.2, 0.25) is 0 Å². The molecule has 3 rings (SSSR count). The van der Waals surface area contributed by atoms with Crippen molar-refractivity contribution >= 4 is 17.5 Å². The van der Waals surface area contributed by atoms with Gasteiger partial charge in [0.25, 0.3) is 0 Å². The Morgan fingerprint density at radius 3 is 2.26 bits per heavy atom. The number of nitrogens with zero attached hydrogens (tertiary/aromatic N) is 1. The average Bonchev–Trinajstić information content (AvgIpc) is 2.69. The number of carboxylic acids is 1. The molecule has 0 saturated heterocycles. The van der Waals surface area contributed by atoms with Crippen LogP contribution >= 0.6 is 0 Å². The van der Waals surface area contributed by atoms with E-state index in [1.54, 1.807) is 13.2 Å². The summed E-state index contributed by atoms with van der Waals surface area (Å²) in [5, 5.41) is 15.1. The van der Waals surface area contributed by atoms with E-state index in [0.717, 1.165) is 17.1 Å². The molecule has 0 amide bonds. The number of nitrogens with one attached hydrogen (secondary N) is 2. The second-order valence-electron chi connectivity index (χ2n) is 5.99. The number of aliphatic carboxylic acids is 1. The third-order valence-corrected chi connectivity index (χ3v) is 4.04. The lowest BCUT2D eigenvalue weighted by atomic mass is 10.1. The van der Waals surface area contributed by atoms with Gasteiger partial charge in [-0.2, -0.15) is 0 Å². The predicted molar refractivity (Wildman–Crippen MR) is 105 cm³/mol. The minimum atomic E-state index is -0.864. The molecular weight excluding hydrogens is 342 g/mol. The molecule has 6 nitrogen and oxygen atoms in total. The van der Waals surface area contributed by atoms with Crippen molar-refractivity contribution in [3.8, 4) is 11.5 Å². The molecule has 1 aromatic heterocycles. The number of likely N-dealkylation sites (N-methyl/N-ethyl adjacent to an activating group) is 1. The molecule has 0 aliphatic rings. The van der Waals surface area contributed by atoms with Crippen LogP contribution in [0.5, 0.6) is 11.5 Å². The van der Waals surface area contributed by atoms with Gasteiger partial charge in [0.15, 0.2) is 0 Å². The maximum absolute atomic E-state index is 11.1. The summed E-state index contributed by atoms with van der Waals surface area (Å²) in [6.07, 6.45) is 2.15. The number of hydrogen-bond donors (Lipinski definition) is 3. The zero-order chi connectivity index (χ0) is 19.1. The van der Waals surface area contributed by atoms with Crippen LogP contribution in [-0.4, -0.2) is 29.1 Å². The van der Waals surface area contributed by atoms with Gasteiger partial charge < -0.3 is 20.5 Å². The summed E-state index contributed by atoms with van der Waals surface area (Å²) in [6.45, 7) is 0. The molecule has 138 valence electrons. The summed E-state index contributed by atoms with van der Waals surface area (Å²) in [5.74, 6) is 1.33. The first-order valence-corrected chi connectivity index (χ1v) is 8.59. The molecule has 2 aromatic carbocycles. The molecule has 0 aliphatic carbocycles. The Morgan fingerprint density at radius 1 is 1.04 bits per heavy atom. The van der Waals surface area contributed by atoms with Crippen molar-refractivity contribution in [1.29, 1.82) is 0 Å². The maximum atomic E-state index is 11.1. The Balaban J connectivity index is 1.59. The third-order valence-electron chi connectivity index (χ3n) is 4.04. The molecule has 0 spiro atoms. The van der Waals surface area contributed by atoms with E-state index in [4.69, 9.17) is 9.84 Å². The molecule has 0 bridgehead atoms. The largest absolute Gasteiger partial charge is 0.480 e. The number of aromatic nitrogens is 1. The van der Waals surface area contributed by atoms with E-state index < -0.39 is 12.0 Å². The van der Waals surface area contributed by atoms with Crippen LogP contribution in [0.1, 0.15) is 5.56 Å². The lowest BCUT2D eigenvalue weighted by molar-refractivity contribution is -0.139. The molecule has 0 radical (unpaired) electrons. The molecule has 1 heterocycles. The number of anilines is 2. The highest BCUT2D eigenvalue weighted by molar-refractivity contribution is 5.73. The molecule has 3 aromatic rings. The summed E-state index contributed by atoms with van der Waals surface area (Å²) in [4.78, 5) is 15.3. The van der Waals surface area contributed by atoms with E-state index >= 15 is 0 Å². The predicted octanol–water partition coefficient (Wildman–Crippen LogP) is 3.83. The van der Waals surface area contributed by atoms with Gasteiger partial charge in [-0.3, -0.25) is 4.79 Å². The van der Waals surface area contributed by atoms with Gasteiger partial charge in [0, 0.05) is 11.9 Å². The highest BCUT2D eigenvalue weighted by Crippen LogP contribution is 2.24. The van der Waals surface area contributed by atoms with Crippen LogP contribution in [0.3, 0.4) is 0 Å². The number of hydrogen-bond acceptors (Lipinski definition) is 5. The van der Waals surface area contributed by atoms with Gasteiger partial charge in [-0.25, -0.2) is 4.98 Å². The van der Waals surface area contributed by atoms with Gasteiger partial charge >= 0.3 is 5.97 Å². The van der Waals surface area contributed by atoms with Crippen LogP contribution in [0.25, 0.3) is 0 Å². The number of benzene rings is 2. The van der Waals surface area contributed by atoms with Crippen molar-refractivity contribution in [1.82, 2.24) is 10.3 Å². The molecule has 0 aliphatic heterocycles. The van der Waals surface area contributed by atoms with E-state index in [2.05, 4.69) is 15.6 Å². The summed E-state index contributed by atoms with van der Waals surface area (Å²) < 4.78 is 5.84. The minimum Gasteiger partial charge on any atom is -0.480 e. The fourth-order valence-electron chi connectivity index (χ4n) is 2.57. The van der Waals surface area contributed by atoms with Crippen LogP contribution in [0.15, 0.2) is 72.9 Å². The molecule has 1 atom stereocenters. The van der Waals surface area contributed by atoms with Crippen LogP contribution in [-0.2, 0) is 11.2 Å². The van der Waals surface area contributed by atoms with Gasteiger partial charge in [-0.1, -0.05) is 18.2 Å². The smallest absolute Gasteiger partial charge is 0.321 e. The molecular formula is C21H21N3O3. The van der Waals surface area contributed by atoms with Crippen molar-refractivity contribution < 1.29 is 14.6 Å². The van der Waals surface area contributed by atoms with Gasteiger partial charge in [0.05, 0.1) is 0 Å². The monoisotopic (exact) mass is 363 g/mol. The number of rotatable bonds is 8. The Kier molecular flexibility index (Phi) is 6.02. The number of carbonyl (C=O) groups is 1. The van der Waals surface area contributed by atoms with Crippen LogP contribution in [0.2, 0.25) is 0 Å². The fourth-order valence-corrected chi connectivity index (χ4v) is 2.57. The highest BCUT2D eigenvalue weighted by atomic mass is 16.5. The standard InChI is InChI=1S/C21H21N3O3/c1-22-19(21(25)26)14-15-5-9-17(10-6-15)27-18-11-7-16(8-12-18)24-20-4-2-3-13-23-20/h2-13,19,22H,14H2,1H3,(H,23,24)(H,25,26)/t19-/m0/s1. The van der Waals surface area contributed by atoms with Crippen molar-refractivity contribution in [3.05, 3.63) is 78.5 Å². The SMILES string of the molecule is CN[C@@H](Cc1ccc(Oc2ccc(Nc3ccccn3)cc2)cc1)C(=O)O. The first kappa shape index (κ1) is 18.4.